The highest BCUT2D eigenvalue weighted by atomic mass is 32.2. The van der Waals surface area contributed by atoms with Gasteiger partial charge in [0.2, 0.25) is 5.91 Å². The molecule has 1 amide bonds. The lowest BCUT2D eigenvalue weighted by Gasteiger charge is -2.16. The predicted molar refractivity (Wildman–Crippen MR) is 77.6 cm³/mol. The molecule has 2 unspecified atom stereocenters. The highest BCUT2D eigenvalue weighted by Gasteiger charge is 2.22. The number of rotatable bonds is 10. The second-order valence-corrected chi connectivity index (χ2v) is 5.59. The van der Waals surface area contributed by atoms with Crippen LogP contribution in [-0.4, -0.2) is 46.6 Å². The minimum absolute atomic E-state index is 0.259. The molecule has 0 saturated heterocycles. The Kier molecular flexibility index (Phi) is 9.88. The molecular formula is C13H23NO5S. The van der Waals surface area contributed by atoms with Crippen molar-refractivity contribution in [3.05, 3.63) is 0 Å². The molecule has 0 fully saturated rings. The number of carbonyl (C=O) groups excluding carboxylic acids is 2. The van der Waals surface area contributed by atoms with Crippen molar-refractivity contribution in [2.75, 3.05) is 12.4 Å². The molecule has 20 heavy (non-hydrogen) atoms. The molecule has 0 radical (unpaired) electrons. The molecule has 2 N–H and O–H groups in total. The maximum Gasteiger partial charge on any atom is 0.326 e. The Hall–Kier alpha value is -1.24. The van der Waals surface area contributed by atoms with E-state index in [0.29, 0.717) is 18.8 Å². The number of ether oxygens (including phenoxy) is 1. The van der Waals surface area contributed by atoms with Gasteiger partial charge in [-0.3, -0.25) is 9.59 Å². The van der Waals surface area contributed by atoms with Gasteiger partial charge in [0.15, 0.2) is 0 Å². The van der Waals surface area contributed by atoms with Crippen LogP contribution in [0.4, 0.5) is 0 Å². The standard InChI is InChI=1S/C13H23NO5S/c1-4-6-11(13(18)19-5-2)20-8-7-10(12(16)17)14-9(3)15/h10-11H,4-8H2,1-3H3,(H,14,15)(H,16,17). The molecule has 0 aliphatic rings. The normalized spacial score (nSPS) is 13.3. The number of amides is 1. The number of carboxylic acids is 1. The molecule has 0 spiro atoms. The summed E-state index contributed by atoms with van der Waals surface area (Å²) >= 11 is 1.38. The van der Waals surface area contributed by atoms with Gasteiger partial charge in [0.1, 0.15) is 11.3 Å². The monoisotopic (exact) mass is 305 g/mol. The van der Waals surface area contributed by atoms with Crippen molar-refractivity contribution < 1.29 is 24.2 Å². The lowest BCUT2D eigenvalue weighted by Crippen LogP contribution is -2.40. The fraction of sp³-hybridized carbons (Fsp3) is 0.769. The van der Waals surface area contributed by atoms with E-state index < -0.39 is 12.0 Å². The van der Waals surface area contributed by atoms with E-state index in [2.05, 4.69) is 5.32 Å². The molecule has 0 saturated carbocycles. The summed E-state index contributed by atoms with van der Waals surface area (Å²) in [6.45, 7) is 5.35. The number of hydrogen-bond acceptors (Lipinski definition) is 5. The predicted octanol–water partition coefficient (Wildman–Crippen LogP) is 1.43. The second-order valence-electron chi connectivity index (χ2n) is 4.28. The maximum atomic E-state index is 11.7. The van der Waals surface area contributed by atoms with Gasteiger partial charge in [-0.25, -0.2) is 4.79 Å². The van der Waals surface area contributed by atoms with Gasteiger partial charge < -0.3 is 15.2 Å². The maximum absolute atomic E-state index is 11.7. The molecule has 116 valence electrons. The summed E-state index contributed by atoms with van der Waals surface area (Å²) < 4.78 is 4.98. The van der Waals surface area contributed by atoms with Gasteiger partial charge in [-0.15, -0.1) is 11.8 Å². The molecule has 0 rings (SSSR count). The number of carbonyl (C=O) groups is 3. The van der Waals surface area contributed by atoms with E-state index in [-0.39, 0.29) is 23.5 Å². The summed E-state index contributed by atoms with van der Waals surface area (Å²) in [5.74, 6) is -1.23. The number of aliphatic carboxylic acids is 1. The second kappa shape index (κ2) is 10.5. The third-order valence-corrected chi connectivity index (χ3v) is 3.80. The van der Waals surface area contributed by atoms with Crippen molar-refractivity contribution in [2.24, 2.45) is 0 Å². The van der Waals surface area contributed by atoms with Gasteiger partial charge in [-0.05, 0) is 25.5 Å². The minimum atomic E-state index is -1.07. The number of carboxylic acid groups (broad SMARTS) is 1. The Bertz CT molecular complexity index is 335. The Morgan fingerprint density at radius 3 is 2.35 bits per heavy atom. The Labute approximate surface area is 123 Å². The van der Waals surface area contributed by atoms with Crippen molar-refractivity contribution in [1.82, 2.24) is 5.32 Å². The van der Waals surface area contributed by atoms with Crippen LogP contribution in [0.3, 0.4) is 0 Å². The van der Waals surface area contributed by atoms with E-state index in [1.54, 1.807) is 6.92 Å². The molecule has 0 heterocycles. The first-order valence-corrected chi connectivity index (χ1v) is 7.75. The van der Waals surface area contributed by atoms with Gasteiger partial charge in [0.05, 0.1) is 6.61 Å². The van der Waals surface area contributed by atoms with Crippen LogP contribution < -0.4 is 5.32 Å². The van der Waals surface area contributed by atoms with E-state index in [4.69, 9.17) is 9.84 Å². The number of esters is 1. The first kappa shape index (κ1) is 18.8. The summed E-state index contributed by atoms with van der Waals surface area (Å²) in [5.41, 5.74) is 0. The molecule has 2 atom stereocenters. The highest BCUT2D eigenvalue weighted by Crippen LogP contribution is 2.19. The number of hydrogen-bond donors (Lipinski definition) is 2. The summed E-state index contributed by atoms with van der Waals surface area (Å²) in [4.78, 5) is 33.5. The SMILES string of the molecule is CCCC(SCCC(NC(C)=O)C(=O)O)C(=O)OCC. The van der Waals surface area contributed by atoms with E-state index in [9.17, 15) is 14.4 Å². The Balaban J connectivity index is 4.28. The van der Waals surface area contributed by atoms with Crippen LogP contribution in [0, 0.1) is 0 Å². The largest absolute Gasteiger partial charge is 0.480 e. The molecule has 0 aromatic carbocycles. The zero-order valence-electron chi connectivity index (χ0n) is 12.2. The van der Waals surface area contributed by atoms with Gasteiger partial charge in [-0.2, -0.15) is 0 Å². The smallest absolute Gasteiger partial charge is 0.326 e. The number of thioether (sulfide) groups is 1. The lowest BCUT2D eigenvalue weighted by atomic mass is 10.2. The first-order chi connectivity index (χ1) is 9.42. The van der Waals surface area contributed by atoms with Crippen LogP contribution in [-0.2, 0) is 19.1 Å². The van der Waals surface area contributed by atoms with Crippen LogP contribution in [0.1, 0.15) is 40.0 Å². The molecule has 7 heteroatoms. The third-order valence-electron chi connectivity index (χ3n) is 2.50. The van der Waals surface area contributed by atoms with Crippen LogP contribution in [0.2, 0.25) is 0 Å². The fourth-order valence-electron chi connectivity index (χ4n) is 1.60. The summed E-state index contributed by atoms with van der Waals surface area (Å²) in [7, 11) is 0. The van der Waals surface area contributed by atoms with Gasteiger partial charge in [0, 0.05) is 6.92 Å². The Morgan fingerprint density at radius 1 is 1.25 bits per heavy atom. The van der Waals surface area contributed by atoms with E-state index in [1.165, 1.54) is 18.7 Å². The summed E-state index contributed by atoms with van der Waals surface area (Å²) in [6, 6.07) is -0.913. The van der Waals surface area contributed by atoms with Crippen molar-refractivity contribution in [1.29, 1.82) is 0 Å². The quantitative estimate of drug-likeness (QED) is 0.593. The van der Waals surface area contributed by atoms with Crippen LogP contribution in [0.15, 0.2) is 0 Å². The molecule has 6 nitrogen and oxygen atoms in total. The van der Waals surface area contributed by atoms with E-state index in [0.717, 1.165) is 6.42 Å². The van der Waals surface area contributed by atoms with Crippen LogP contribution >= 0.6 is 11.8 Å². The van der Waals surface area contributed by atoms with Crippen LogP contribution in [0.5, 0.6) is 0 Å². The minimum Gasteiger partial charge on any atom is -0.480 e. The van der Waals surface area contributed by atoms with Gasteiger partial charge >= 0.3 is 11.9 Å². The van der Waals surface area contributed by atoms with Crippen molar-refractivity contribution >= 4 is 29.6 Å². The van der Waals surface area contributed by atoms with Crippen molar-refractivity contribution in [3.63, 3.8) is 0 Å². The molecule has 0 bridgehead atoms. The first-order valence-electron chi connectivity index (χ1n) is 6.70. The summed E-state index contributed by atoms with van der Waals surface area (Å²) in [5, 5.41) is 11.1. The molecule has 0 aliphatic carbocycles. The highest BCUT2D eigenvalue weighted by molar-refractivity contribution is 8.00. The van der Waals surface area contributed by atoms with E-state index in [1.807, 2.05) is 6.92 Å². The molecule has 0 aromatic rings. The summed E-state index contributed by atoms with van der Waals surface area (Å²) in [6.07, 6.45) is 1.82. The average molecular weight is 305 g/mol. The number of nitrogens with one attached hydrogen (secondary N) is 1. The third kappa shape index (κ3) is 8.04. The molecule has 0 aromatic heterocycles. The van der Waals surface area contributed by atoms with Crippen molar-refractivity contribution in [2.45, 2.75) is 51.3 Å². The van der Waals surface area contributed by atoms with Gasteiger partial charge in [-0.1, -0.05) is 13.3 Å². The lowest BCUT2D eigenvalue weighted by molar-refractivity contribution is -0.142. The molecular weight excluding hydrogens is 282 g/mol. The average Bonchev–Trinajstić information content (AvgIpc) is 2.36. The zero-order chi connectivity index (χ0) is 15.5. The topological polar surface area (TPSA) is 92.7 Å². The van der Waals surface area contributed by atoms with Gasteiger partial charge in [0.25, 0.3) is 0 Å². The fourth-order valence-corrected chi connectivity index (χ4v) is 2.86. The molecule has 0 aliphatic heterocycles. The Morgan fingerprint density at radius 2 is 1.90 bits per heavy atom. The zero-order valence-corrected chi connectivity index (χ0v) is 13.0. The van der Waals surface area contributed by atoms with E-state index >= 15 is 0 Å². The van der Waals surface area contributed by atoms with Crippen LogP contribution in [0.25, 0.3) is 0 Å². The van der Waals surface area contributed by atoms with Crippen molar-refractivity contribution in [3.8, 4) is 0 Å².